The molecule has 0 unspecified atom stereocenters. The zero-order valence-electron chi connectivity index (χ0n) is 11.6. The summed E-state index contributed by atoms with van der Waals surface area (Å²) < 4.78 is 39.1. The lowest BCUT2D eigenvalue weighted by Gasteiger charge is -2.11. The first-order valence-corrected chi connectivity index (χ1v) is 7.20. The van der Waals surface area contributed by atoms with Crippen molar-refractivity contribution in [2.24, 2.45) is 0 Å². The third kappa shape index (κ3) is 3.02. The molecule has 1 N–H and O–H groups in total. The third-order valence-electron chi connectivity index (χ3n) is 3.18. The van der Waals surface area contributed by atoms with Gasteiger partial charge >= 0.3 is 6.18 Å². The van der Waals surface area contributed by atoms with Crippen molar-refractivity contribution in [2.75, 3.05) is 0 Å². The van der Waals surface area contributed by atoms with E-state index < -0.39 is 17.4 Å². The van der Waals surface area contributed by atoms with Crippen molar-refractivity contribution in [1.29, 1.82) is 0 Å². The Balaban J connectivity index is 2.22. The normalized spacial score (nSPS) is 11.7. The molecule has 0 aliphatic carbocycles. The van der Waals surface area contributed by atoms with Crippen molar-refractivity contribution >= 4 is 23.2 Å². The number of benzene rings is 1. The molecule has 0 bridgehead atoms. The molecular weight excluding hydrogens is 368 g/mol. The number of alkyl halides is 3. The number of pyridine rings is 1. The highest BCUT2D eigenvalue weighted by atomic mass is 35.5. The lowest BCUT2D eigenvalue weighted by Crippen LogP contribution is -2.07. The van der Waals surface area contributed by atoms with Crippen molar-refractivity contribution in [3.8, 4) is 16.8 Å². The van der Waals surface area contributed by atoms with Crippen LogP contribution in [0.25, 0.3) is 16.8 Å². The molecule has 124 valence electrons. The van der Waals surface area contributed by atoms with Crippen LogP contribution < -0.4 is 5.56 Å². The second-order valence-corrected chi connectivity index (χ2v) is 5.56. The lowest BCUT2D eigenvalue weighted by molar-refractivity contribution is -0.141. The van der Waals surface area contributed by atoms with Gasteiger partial charge in [0, 0.05) is 22.3 Å². The molecule has 0 aliphatic heterocycles. The highest BCUT2D eigenvalue weighted by Gasteiger charge is 2.34. The van der Waals surface area contributed by atoms with E-state index in [2.05, 4.69) is 15.3 Å². The molecule has 0 amide bonds. The predicted molar refractivity (Wildman–Crippen MR) is 82.4 cm³/mol. The second-order valence-electron chi connectivity index (χ2n) is 4.74. The Kier molecular flexibility index (Phi) is 4.10. The molecule has 10 heteroatoms. The highest BCUT2D eigenvalue weighted by Crippen LogP contribution is 2.33. The van der Waals surface area contributed by atoms with Gasteiger partial charge in [-0.25, -0.2) is 4.68 Å². The fraction of sp³-hybridized carbons (Fsp3) is 0.0714. The lowest BCUT2D eigenvalue weighted by atomic mass is 10.0. The summed E-state index contributed by atoms with van der Waals surface area (Å²) in [5.41, 5.74) is -0.774. The van der Waals surface area contributed by atoms with Gasteiger partial charge in [-0.05, 0) is 24.3 Å². The number of rotatable bonds is 2. The molecule has 24 heavy (non-hydrogen) atoms. The van der Waals surface area contributed by atoms with E-state index in [-0.39, 0.29) is 10.7 Å². The SMILES string of the molecule is O=c1[nH]ccc(-c2cc(Cl)ccc2-n2cc(C(F)(F)F)nn2)c1Cl. The molecule has 0 radical (unpaired) electrons. The number of aromatic nitrogens is 4. The van der Waals surface area contributed by atoms with Crippen LogP contribution in [-0.2, 0) is 6.18 Å². The number of aromatic amines is 1. The van der Waals surface area contributed by atoms with Gasteiger partial charge in [-0.1, -0.05) is 28.4 Å². The van der Waals surface area contributed by atoms with E-state index in [1.54, 1.807) is 0 Å². The Morgan fingerprint density at radius 2 is 1.88 bits per heavy atom. The first kappa shape index (κ1) is 16.5. The van der Waals surface area contributed by atoms with Crippen molar-refractivity contribution in [2.45, 2.75) is 6.18 Å². The van der Waals surface area contributed by atoms with Gasteiger partial charge in [0.05, 0.1) is 11.9 Å². The van der Waals surface area contributed by atoms with Gasteiger partial charge in [-0.3, -0.25) is 4.79 Å². The van der Waals surface area contributed by atoms with Crippen LogP contribution in [0.2, 0.25) is 10.0 Å². The van der Waals surface area contributed by atoms with E-state index in [0.717, 1.165) is 10.9 Å². The van der Waals surface area contributed by atoms with Crippen LogP contribution in [0.4, 0.5) is 13.2 Å². The van der Waals surface area contributed by atoms with E-state index in [0.29, 0.717) is 16.1 Å². The highest BCUT2D eigenvalue weighted by molar-refractivity contribution is 6.33. The third-order valence-corrected chi connectivity index (χ3v) is 3.79. The average Bonchev–Trinajstić information content (AvgIpc) is 3.00. The maximum absolute atomic E-state index is 12.7. The summed E-state index contributed by atoms with van der Waals surface area (Å²) in [4.78, 5) is 14.1. The van der Waals surface area contributed by atoms with Gasteiger partial charge in [-0.2, -0.15) is 13.2 Å². The van der Waals surface area contributed by atoms with Crippen LogP contribution in [-0.4, -0.2) is 20.0 Å². The molecular formula is C14H7Cl2F3N4O. The summed E-state index contributed by atoms with van der Waals surface area (Å²) in [6.45, 7) is 0. The van der Waals surface area contributed by atoms with Crippen molar-refractivity contribution in [3.63, 3.8) is 0 Å². The van der Waals surface area contributed by atoms with Crippen LogP contribution in [0, 0.1) is 0 Å². The molecule has 0 spiro atoms. The smallest absolute Gasteiger partial charge is 0.328 e. The fourth-order valence-corrected chi connectivity index (χ4v) is 2.49. The van der Waals surface area contributed by atoms with Crippen LogP contribution in [0.3, 0.4) is 0 Å². The van der Waals surface area contributed by atoms with E-state index in [1.165, 1.54) is 30.5 Å². The molecule has 0 saturated heterocycles. The summed E-state index contributed by atoms with van der Waals surface area (Å²) in [6, 6.07) is 5.94. The molecule has 0 saturated carbocycles. The molecule has 2 aromatic heterocycles. The molecule has 3 aromatic rings. The minimum absolute atomic E-state index is 0.114. The number of hydrogen-bond acceptors (Lipinski definition) is 3. The number of halogens is 5. The maximum Gasteiger partial charge on any atom is 0.436 e. The summed E-state index contributed by atoms with van der Waals surface area (Å²) >= 11 is 12.0. The topological polar surface area (TPSA) is 63.6 Å². The molecule has 0 atom stereocenters. The van der Waals surface area contributed by atoms with Gasteiger partial charge in [-0.15, -0.1) is 5.10 Å². The Morgan fingerprint density at radius 1 is 1.12 bits per heavy atom. The van der Waals surface area contributed by atoms with E-state index in [4.69, 9.17) is 23.2 Å². The zero-order chi connectivity index (χ0) is 17.5. The number of nitrogens with zero attached hydrogens (tertiary/aromatic N) is 3. The van der Waals surface area contributed by atoms with Crippen LogP contribution in [0.5, 0.6) is 0 Å². The second kappa shape index (κ2) is 5.95. The first-order valence-electron chi connectivity index (χ1n) is 6.44. The van der Waals surface area contributed by atoms with E-state index in [1.807, 2.05) is 0 Å². The number of hydrogen-bond donors (Lipinski definition) is 1. The summed E-state index contributed by atoms with van der Waals surface area (Å²) in [5.74, 6) is 0. The summed E-state index contributed by atoms with van der Waals surface area (Å²) in [5, 5.41) is 6.82. The standard InChI is InChI=1S/C14H7Cl2F3N4O/c15-7-1-2-10(23-6-11(21-22-23)14(17,18)19)9(5-7)8-3-4-20-13(24)12(8)16/h1-6H,(H,20,24). The van der Waals surface area contributed by atoms with Crippen molar-refractivity contribution in [3.05, 3.63) is 62.8 Å². The number of nitrogens with one attached hydrogen (secondary N) is 1. The largest absolute Gasteiger partial charge is 0.436 e. The van der Waals surface area contributed by atoms with Gasteiger partial charge < -0.3 is 4.98 Å². The van der Waals surface area contributed by atoms with E-state index >= 15 is 0 Å². The zero-order valence-corrected chi connectivity index (χ0v) is 13.1. The molecule has 3 rings (SSSR count). The van der Waals surface area contributed by atoms with Crippen LogP contribution in [0.1, 0.15) is 5.69 Å². The average molecular weight is 375 g/mol. The Labute approximate surface area is 142 Å². The van der Waals surface area contributed by atoms with Gasteiger partial charge in [0.25, 0.3) is 5.56 Å². The predicted octanol–water partition coefficient (Wildman–Crippen LogP) is 3.95. The molecule has 2 heterocycles. The first-order chi connectivity index (χ1) is 11.3. The van der Waals surface area contributed by atoms with E-state index in [9.17, 15) is 18.0 Å². The fourth-order valence-electron chi connectivity index (χ4n) is 2.10. The van der Waals surface area contributed by atoms with Gasteiger partial charge in [0.15, 0.2) is 5.69 Å². The van der Waals surface area contributed by atoms with Gasteiger partial charge in [0.1, 0.15) is 5.02 Å². The Hall–Kier alpha value is -2.32. The Bertz CT molecular complexity index is 965. The Morgan fingerprint density at radius 3 is 2.54 bits per heavy atom. The van der Waals surface area contributed by atoms with Crippen LogP contribution in [0.15, 0.2) is 41.5 Å². The quantitative estimate of drug-likeness (QED) is 0.738. The van der Waals surface area contributed by atoms with Crippen LogP contribution >= 0.6 is 23.2 Å². The molecule has 0 aliphatic rings. The minimum atomic E-state index is -4.62. The minimum Gasteiger partial charge on any atom is -0.328 e. The molecule has 5 nitrogen and oxygen atoms in total. The molecule has 0 fully saturated rings. The van der Waals surface area contributed by atoms with Crippen molar-refractivity contribution < 1.29 is 13.2 Å². The summed E-state index contributed by atoms with van der Waals surface area (Å²) in [7, 11) is 0. The van der Waals surface area contributed by atoms with Gasteiger partial charge in [0.2, 0.25) is 0 Å². The number of H-pyrrole nitrogens is 1. The molecule has 1 aromatic carbocycles. The monoisotopic (exact) mass is 374 g/mol. The summed E-state index contributed by atoms with van der Waals surface area (Å²) in [6.07, 6.45) is -2.50. The van der Waals surface area contributed by atoms with Crippen molar-refractivity contribution in [1.82, 2.24) is 20.0 Å². The maximum atomic E-state index is 12.7.